The molecule has 0 radical (unpaired) electrons. The second-order valence-corrected chi connectivity index (χ2v) is 8.82. The third-order valence-corrected chi connectivity index (χ3v) is 6.65. The predicted molar refractivity (Wildman–Crippen MR) is 117 cm³/mol. The molecule has 2 aliphatic heterocycles. The van der Waals surface area contributed by atoms with Crippen LogP contribution in [0.2, 0.25) is 0 Å². The van der Waals surface area contributed by atoms with Gasteiger partial charge in [-0.05, 0) is 63.6 Å². The Morgan fingerprint density at radius 2 is 2.07 bits per heavy atom. The Bertz CT molecular complexity index is 680. The molecule has 1 aromatic rings. The normalized spacial score (nSPS) is 21.9. The van der Waals surface area contributed by atoms with E-state index in [2.05, 4.69) is 42.7 Å². The van der Waals surface area contributed by atoms with Crippen LogP contribution >= 0.6 is 24.2 Å². The summed E-state index contributed by atoms with van der Waals surface area (Å²) in [5.74, 6) is 1.16. The maximum absolute atomic E-state index is 12.7. The summed E-state index contributed by atoms with van der Waals surface area (Å²) in [6.45, 7) is 7.36. The Balaban J connectivity index is 0.00000280. The van der Waals surface area contributed by atoms with Crippen molar-refractivity contribution in [3.8, 4) is 0 Å². The third-order valence-electron chi connectivity index (χ3n) is 5.51. The summed E-state index contributed by atoms with van der Waals surface area (Å²) in [6, 6.07) is 6.34. The molecule has 5 nitrogen and oxygen atoms in total. The number of piperidine rings is 1. The fourth-order valence-corrected chi connectivity index (χ4v) is 4.85. The van der Waals surface area contributed by atoms with Gasteiger partial charge in [-0.15, -0.1) is 24.2 Å². The molecule has 3 rings (SSSR count). The summed E-state index contributed by atoms with van der Waals surface area (Å²) < 4.78 is 0. The van der Waals surface area contributed by atoms with Gasteiger partial charge in [-0.3, -0.25) is 9.59 Å². The molecule has 0 saturated carbocycles. The fraction of sp³-hybridized carbons (Fsp3) is 0.619. The lowest BCUT2D eigenvalue weighted by molar-refractivity contribution is -0.130. The zero-order chi connectivity index (χ0) is 19.2. The third kappa shape index (κ3) is 6.39. The number of halogens is 1. The van der Waals surface area contributed by atoms with E-state index in [1.807, 2.05) is 4.90 Å². The molecule has 7 heteroatoms. The predicted octanol–water partition coefficient (Wildman–Crippen LogP) is 2.92. The molecule has 2 N–H and O–H groups in total. The number of nitrogens with zero attached hydrogens (tertiary/aromatic N) is 1. The molecule has 2 amide bonds. The minimum absolute atomic E-state index is 0. The minimum Gasteiger partial charge on any atom is -0.354 e. The van der Waals surface area contributed by atoms with Crippen molar-refractivity contribution in [1.29, 1.82) is 0 Å². The monoisotopic (exact) mass is 425 g/mol. The van der Waals surface area contributed by atoms with Crippen molar-refractivity contribution in [2.75, 3.05) is 31.9 Å². The molecule has 2 saturated heterocycles. The van der Waals surface area contributed by atoms with E-state index in [0.29, 0.717) is 18.2 Å². The quantitative estimate of drug-likeness (QED) is 0.688. The standard InChI is InChI=1S/C21H31N3O2S.ClH/c1-15-7-8-16(2)19(11-15)27-14-20(25)24-10-4-5-17(13-24)12-23-21(26)18-6-3-9-22-18;/h7-8,11,17-18,22H,3-6,9-10,12-14H2,1-2H3,(H,23,26);1H. The van der Waals surface area contributed by atoms with E-state index in [0.717, 1.165) is 45.3 Å². The van der Waals surface area contributed by atoms with Crippen molar-refractivity contribution in [2.45, 2.75) is 50.5 Å². The van der Waals surface area contributed by atoms with Crippen LogP contribution in [-0.4, -0.2) is 54.7 Å². The van der Waals surface area contributed by atoms with Crippen molar-refractivity contribution in [3.05, 3.63) is 29.3 Å². The van der Waals surface area contributed by atoms with Crippen LogP contribution in [-0.2, 0) is 9.59 Å². The Kier molecular flexibility index (Phi) is 9.12. The van der Waals surface area contributed by atoms with Gasteiger partial charge in [0.2, 0.25) is 11.8 Å². The van der Waals surface area contributed by atoms with Gasteiger partial charge in [0.15, 0.2) is 0 Å². The van der Waals surface area contributed by atoms with Gasteiger partial charge in [0, 0.05) is 24.5 Å². The highest BCUT2D eigenvalue weighted by Crippen LogP contribution is 2.25. The second-order valence-electron chi connectivity index (χ2n) is 7.80. The summed E-state index contributed by atoms with van der Waals surface area (Å²) in [5, 5.41) is 6.31. The van der Waals surface area contributed by atoms with Crippen molar-refractivity contribution in [1.82, 2.24) is 15.5 Å². The molecule has 2 unspecified atom stereocenters. The van der Waals surface area contributed by atoms with Crippen LogP contribution < -0.4 is 10.6 Å². The molecule has 0 aromatic heterocycles. The molecule has 0 bridgehead atoms. The van der Waals surface area contributed by atoms with Crippen LogP contribution in [0, 0.1) is 19.8 Å². The molecular weight excluding hydrogens is 394 g/mol. The maximum atomic E-state index is 12.7. The van der Waals surface area contributed by atoms with Crippen molar-refractivity contribution >= 4 is 36.0 Å². The largest absolute Gasteiger partial charge is 0.354 e. The molecule has 156 valence electrons. The van der Waals surface area contributed by atoms with E-state index in [1.54, 1.807) is 11.8 Å². The number of nitrogens with one attached hydrogen (secondary N) is 2. The first kappa shape index (κ1) is 23.0. The Hall–Kier alpha value is -1.24. The van der Waals surface area contributed by atoms with Crippen LogP contribution in [0.3, 0.4) is 0 Å². The molecule has 0 spiro atoms. The lowest BCUT2D eigenvalue weighted by Gasteiger charge is -2.33. The van der Waals surface area contributed by atoms with E-state index in [1.165, 1.54) is 16.0 Å². The summed E-state index contributed by atoms with van der Waals surface area (Å²) in [4.78, 5) is 28.0. The van der Waals surface area contributed by atoms with E-state index < -0.39 is 0 Å². The van der Waals surface area contributed by atoms with Gasteiger partial charge in [-0.2, -0.15) is 0 Å². The Labute approximate surface area is 178 Å². The van der Waals surface area contributed by atoms with Gasteiger partial charge in [0.1, 0.15) is 0 Å². The SMILES string of the molecule is Cc1ccc(C)c(SCC(=O)N2CCCC(CNC(=O)C3CCCN3)C2)c1.Cl. The summed E-state index contributed by atoms with van der Waals surface area (Å²) in [6.07, 6.45) is 4.09. The van der Waals surface area contributed by atoms with Gasteiger partial charge in [-0.25, -0.2) is 0 Å². The molecule has 2 aliphatic rings. The number of thioether (sulfide) groups is 1. The van der Waals surface area contributed by atoms with Gasteiger partial charge < -0.3 is 15.5 Å². The van der Waals surface area contributed by atoms with Crippen LogP contribution in [0.4, 0.5) is 0 Å². The molecule has 28 heavy (non-hydrogen) atoms. The highest BCUT2D eigenvalue weighted by Gasteiger charge is 2.26. The first-order valence-electron chi connectivity index (χ1n) is 10.0. The van der Waals surface area contributed by atoms with Gasteiger partial charge >= 0.3 is 0 Å². The van der Waals surface area contributed by atoms with E-state index in [9.17, 15) is 9.59 Å². The second kappa shape index (κ2) is 11.1. The maximum Gasteiger partial charge on any atom is 0.237 e. The number of benzene rings is 1. The number of rotatable bonds is 6. The van der Waals surface area contributed by atoms with Crippen molar-refractivity contribution < 1.29 is 9.59 Å². The number of hydrogen-bond donors (Lipinski definition) is 2. The number of carbonyl (C=O) groups is 2. The van der Waals surface area contributed by atoms with E-state index in [-0.39, 0.29) is 30.3 Å². The Morgan fingerprint density at radius 3 is 2.82 bits per heavy atom. The van der Waals surface area contributed by atoms with E-state index in [4.69, 9.17) is 0 Å². The van der Waals surface area contributed by atoms with Crippen LogP contribution in [0.1, 0.15) is 36.8 Å². The lowest BCUT2D eigenvalue weighted by Crippen LogP contribution is -2.47. The smallest absolute Gasteiger partial charge is 0.237 e. The number of likely N-dealkylation sites (tertiary alicyclic amines) is 1. The van der Waals surface area contributed by atoms with Crippen LogP contribution in [0.25, 0.3) is 0 Å². The van der Waals surface area contributed by atoms with Crippen LogP contribution in [0.15, 0.2) is 23.1 Å². The zero-order valence-corrected chi connectivity index (χ0v) is 18.5. The highest BCUT2D eigenvalue weighted by atomic mass is 35.5. The van der Waals surface area contributed by atoms with Crippen LogP contribution in [0.5, 0.6) is 0 Å². The summed E-state index contributed by atoms with van der Waals surface area (Å²) in [7, 11) is 0. The minimum atomic E-state index is -0.0275. The number of amides is 2. The molecule has 0 aliphatic carbocycles. The summed E-state index contributed by atoms with van der Waals surface area (Å²) >= 11 is 1.63. The first-order chi connectivity index (χ1) is 13.0. The van der Waals surface area contributed by atoms with Gasteiger partial charge in [-0.1, -0.05) is 17.7 Å². The zero-order valence-electron chi connectivity index (χ0n) is 16.8. The molecule has 1 aromatic carbocycles. The van der Waals surface area contributed by atoms with Crippen molar-refractivity contribution in [2.24, 2.45) is 5.92 Å². The Morgan fingerprint density at radius 1 is 1.25 bits per heavy atom. The average Bonchev–Trinajstić information content (AvgIpc) is 3.21. The fourth-order valence-electron chi connectivity index (χ4n) is 3.83. The number of carbonyl (C=O) groups excluding carboxylic acids is 2. The number of hydrogen-bond acceptors (Lipinski definition) is 4. The number of aryl methyl sites for hydroxylation is 2. The first-order valence-corrected chi connectivity index (χ1v) is 11.0. The molecule has 2 fully saturated rings. The molecule has 2 heterocycles. The molecule has 2 atom stereocenters. The average molecular weight is 426 g/mol. The molecular formula is C21H32ClN3O2S. The van der Waals surface area contributed by atoms with Gasteiger partial charge in [0.25, 0.3) is 0 Å². The highest BCUT2D eigenvalue weighted by molar-refractivity contribution is 8.00. The summed E-state index contributed by atoms with van der Waals surface area (Å²) in [5.41, 5.74) is 2.44. The van der Waals surface area contributed by atoms with Crippen molar-refractivity contribution in [3.63, 3.8) is 0 Å². The topological polar surface area (TPSA) is 61.4 Å². The van der Waals surface area contributed by atoms with Gasteiger partial charge in [0.05, 0.1) is 11.8 Å². The lowest BCUT2D eigenvalue weighted by atomic mass is 9.98. The van der Waals surface area contributed by atoms with E-state index >= 15 is 0 Å².